The number of methoxy groups -OCH3 is 1. The van der Waals surface area contributed by atoms with E-state index in [4.69, 9.17) is 10.5 Å². The predicted octanol–water partition coefficient (Wildman–Crippen LogP) is 2.10. The van der Waals surface area contributed by atoms with Crippen LogP contribution in [-0.2, 0) is 4.74 Å². The average molecular weight is 249 g/mol. The van der Waals surface area contributed by atoms with Crippen molar-refractivity contribution >= 4 is 32.4 Å². The van der Waals surface area contributed by atoms with Gasteiger partial charge in [0, 0.05) is 25.9 Å². The molecule has 4 nitrogen and oxygen atoms in total. The van der Waals surface area contributed by atoms with Crippen molar-refractivity contribution < 1.29 is 4.74 Å². The minimum atomic E-state index is 0.340. The summed E-state index contributed by atoms with van der Waals surface area (Å²) in [6.07, 6.45) is 1.42. The third-order valence-corrected chi connectivity index (χ3v) is 4.25. The molecule has 1 atom stereocenters. The SMILES string of the molecule is COC1CCN(c2nc3cc(N)ccc3s2)C1. The number of rotatable bonds is 2. The molecule has 17 heavy (non-hydrogen) atoms. The summed E-state index contributed by atoms with van der Waals surface area (Å²) < 4.78 is 6.56. The molecule has 1 saturated heterocycles. The van der Waals surface area contributed by atoms with E-state index < -0.39 is 0 Å². The molecule has 0 saturated carbocycles. The number of thiazole rings is 1. The minimum Gasteiger partial charge on any atom is -0.399 e. The van der Waals surface area contributed by atoms with Crippen molar-refractivity contribution in [3.05, 3.63) is 18.2 Å². The molecule has 1 aromatic heterocycles. The lowest BCUT2D eigenvalue weighted by molar-refractivity contribution is 0.121. The Bertz CT molecular complexity index is 540. The van der Waals surface area contributed by atoms with Crippen molar-refractivity contribution in [3.63, 3.8) is 0 Å². The zero-order valence-corrected chi connectivity index (χ0v) is 10.5. The van der Waals surface area contributed by atoms with Gasteiger partial charge in [-0.3, -0.25) is 0 Å². The standard InChI is InChI=1S/C12H15N3OS/c1-16-9-4-5-15(7-9)12-14-10-6-8(13)2-3-11(10)17-12/h2-3,6,9H,4-5,7,13H2,1H3. The van der Waals surface area contributed by atoms with Crippen molar-refractivity contribution in [2.24, 2.45) is 0 Å². The maximum Gasteiger partial charge on any atom is 0.186 e. The summed E-state index contributed by atoms with van der Waals surface area (Å²) in [4.78, 5) is 6.92. The van der Waals surface area contributed by atoms with Gasteiger partial charge in [-0.1, -0.05) is 11.3 Å². The van der Waals surface area contributed by atoms with Crippen LogP contribution >= 0.6 is 11.3 Å². The van der Waals surface area contributed by atoms with Crippen LogP contribution in [0.5, 0.6) is 0 Å². The van der Waals surface area contributed by atoms with Gasteiger partial charge in [0.1, 0.15) is 0 Å². The van der Waals surface area contributed by atoms with Gasteiger partial charge in [0.2, 0.25) is 0 Å². The van der Waals surface area contributed by atoms with Gasteiger partial charge in [-0.2, -0.15) is 0 Å². The van der Waals surface area contributed by atoms with Gasteiger partial charge < -0.3 is 15.4 Å². The highest BCUT2D eigenvalue weighted by Crippen LogP contribution is 2.32. The van der Waals surface area contributed by atoms with Gasteiger partial charge in [0.15, 0.2) is 5.13 Å². The third-order valence-electron chi connectivity index (χ3n) is 3.15. The van der Waals surface area contributed by atoms with Crippen LogP contribution in [0, 0.1) is 0 Å². The van der Waals surface area contributed by atoms with Crippen LogP contribution in [0.15, 0.2) is 18.2 Å². The van der Waals surface area contributed by atoms with Crippen LogP contribution in [-0.4, -0.2) is 31.3 Å². The Morgan fingerprint density at radius 2 is 2.41 bits per heavy atom. The highest BCUT2D eigenvalue weighted by Gasteiger charge is 2.24. The van der Waals surface area contributed by atoms with Gasteiger partial charge in [-0.05, 0) is 24.6 Å². The molecule has 1 aliphatic rings. The van der Waals surface area contributed by atoms with Gasteiger partial charge in [-0.25, -0.2) is 4.98 Å². The lowest BCUT2D eigenvalue weighted by Gasteiger charge is -2.13. The molecule has 1 aliphatic heterocycles. The molecule has 1 unspecified atom stereocenters. The van der Waals surface area contributed by atoms with Crippen molar-refractivity contribution in [1.82, 2.24) is 4.98 Å². The van der Waals surface area contributed by atoms with Crippen LogP contribution < -0.4 is 10.6 Å². The summed E-state index contributed by atoms with van der Waals surface area (Å²) in [7, 11) is 1.77. The molecule has 2 heterocycles. The fraction of sp³-hybridized carbons (Fsp3) is 0.417. The van der Waals surface area contributed by atoms with E-state index in [9.17, 15) is 0 Å². The van der Waals surface area contributed by atoms with Crippen LogP contribution in [0.3, 0.4) is 0 Å². The zero-order chi connectivity index (χ0) is 11.8. The summed E-state index contributed by atoms with van der Waals surface area (Å²) in [5.74, 6) is 0. The highest BCUT2D eigenvalue weighted by molar-refractivity contribution is 7.22. The number of anilines is 2. The van der Waals surface area contributed by atoms with E-state index in [1.54, 1.807) is 18.4 Å². The molecule has 0 aliphatic carbocycles. The fourth-order valence-electron chi connectivity index (χ4n) is 2.16. The smallest absolute Gasteiger partial charge is 0.186 e. The highest BCUT2D eigenvalue weighted by atomic mass is 32.1. The topological polar surface area (TPSA) is 51.4 Å². The number of aromatic nitrogens is 1. The van der Waals surface area contributed by atoms with Gasteiger partial charge in [0.25, 0.3) is 0 Å². The molecule has 90 valence electrons. The number of fused-ring (bicyclic) bond motifs is 1. The Morgan fingerprint density at radius 3 is 3.18 bits per heavy atom. The summed E-state index contributed by atoms with van der Waals surface area (Å²) in [5.41, 5.74) is 7.52. The van der Waals surface area contributed by atoms with E-state index in [-0.39, 0.29) is 0 Å². The molecule has 5 heteroatoms. The Morgan fingerprint density at radius 1 is 1.53 bits per heavy atom. The normalized spacial score (nSPS) is 20.3. The number of nitrogens with two attached hydrogens (primary N) is 1. The first-order chi connectivity index (χ1) is 8.26. The summed E-state index contributed by atoms with van der Waals surface area (Å²) in [6.45, 7) is 1.96. The molecule has 3 rings (SSSR count). The second-order valence-corrected chi connectivity index (χ2v) is 5.33. The number of ether oxygens (including phenoxy) is 1. The number of nitrogen functional groups attached to an aromatic ring is 1. The van der Waals surface area contributed by atoms with Gasteiger partial charge >= 0.3 is 0 Å². The molecular weight excluding hydrogens is 234 g/mol. The first-order valence-corrected chi connectivity index (χ1v) is 6.52. The number of hydrogen-bond acceptors (Lipinski definition) is 5. The van der Waals surface area contributed by atoms with Crippen molar-refractivity contribution in [1.29, 1.82) is 0 Å². The van der Waals surface area contributed by atoms with Crippen molar-refractivity contribution in [3.8, 4) is 0 Å². The van der Waals surface area contributed by atoms with E-state index in [1.165, 1.54) is 4.70 Å². The summed E-state index contributed by atoms with van der Waals surface area (Å²) >= 11 is 1.72. The van der Waals surface area contributed by atoms with E-state index >= 15 is 0 Å². The first-order valence-electron chi connectivity index (χ1n) is 5.70. The van der Waals surface area contributed by atoms with Gasteiger partial charge in [0.05, 0.1) is 16.3 Å². The second kappa shape index (κ2) is 4.16. The van der Waals surface area contributed by atoms with Crippen LogP contribution in [0.4, 0.5) is 10.8 Å². The Labute approximate surface area is 104 Å². The zero-order valence-electron chi connectivity index (χ0n) is 9.72. The molecular formula is C12H15N3OS. The van der Waals surface area contributed by atoms with E-state index in [1.807, 2.05) is 18.2 Å². The molecule has 0 amide bonds. The van der Waals surface area contributed by atoms with Crippen molar-refractivity contribution in [2.75, 3.05) is 30.8 Å². The van der Waals surface area contributed by atoms with Crippen molar-refractivity contribution in [2.45, 2.75) is 12.5 Å². The van der Waals surface area contributed by atoms with E-state index in [0.29, 0.717) is 6.10 Å². The molecule has 0 spiro atoms. The first kappa shape index (κ1) is 10.8. The predicted molar refractivity (Wildman–Crippen MR) is 71.7 cm³/mol. The molecule has 0 radical (unpaired) electrons. The summed E-state index contributed by atoms with van der Waals surface area (Å²) in [6, 6.07) is 5.89. The quantitative estimate of drug-likeness (QED) is 0.828. The lowest BCUT2D eigenvalue weighted by Crippen LogP contribution is -2.21. The lowest BCUT2D eigenvalue weighted by atomic mass is 10.3. The maximum absolute atomic E-state index is 5.76. The second-order valence-electron chi connectivity index (χ2n) is 4.32. The Hall–Kier alpha value is -1.33. The molecule has 1 fully saturated rings. The summed E-state index contributed by atoms with van der Waals surface area (Å²) in [5, 5.41) is 1.07. The number of benzene rings is 1. The molecule has 2 aromatic rings. The number of hydrogen-bond donors (Lipinski definition) is 1. The number of nitrogens with zero attached hydrogens (tertiary/aromatic N) is 2. The van der Waals surface area contributed by atoms with E-state index in [2.05, 4.69) is 9.88 Å². The maximum atomic E-state index is 5.76. The van der Waals surface area contributed by atoms with Crippen LogP contribution in [0.25, 0.3) is 10.2 Å². The van der Waals surface area contributed by atoms with Crippen LogP contribution in [0.2, 0.25) is 0 Å². The Kier molecular flexibility index (Phi) is 2.64. The van der Waals surface area contributed by atoms with E-state index in [0.717, 1.165) is 35.8 Å². The molecule has 0 bridgehead atoms. The average Bonchev–Trinajstić information content (AvgIpc) is 2.93. The minimum absolute atomic E-state index is 0.340. The largest absolute Gasteiger partial charge is 0.399 e. The monoisotopic (exact) mass is 249 g/mol. The molecule has 1 aromatic carbocycles. The fourth-order valence-corrected chi connectivity index (χ4v) is 3.14. The molecule has 2 N–H and O–H groups in total. The van der Waals surface area contributed by atoms with Crippen LogP contribution in [0.1, 0.15) is 6.42 Å². The van der Waals surface area contributed by atoms with Gasteiger partial charge in [-0.15, -0.1) is 0 Å². The third kappa shape index (κ3) is 1.96. The Balaban J connectivity index is 1.91.